The van der Waals surface area contributed by atoms with Gasteiger partial charge in [-0.1, -0.05) is 11.6 Å². The van der Waals surface area contributed by atoms with Gasteiger partial charge in [0.2, 0.25) is 10.0 Å². The molecule has 0 atom stereocenters. The SMILES string of the molecule is Cc1ccc2nccc(NCCCNS(C)(=O)=O)c2c1. The number of hydrogen-bond acceptors (Lipinski definition) is 4. The van der Waals surface area contributed by atoms with Crippen LogP contribution in [0, 0.1) is 6.92 Å². The molecule has 108 valence electrons. The molecule has 0 bridgehead atoms. The van der Waals surface area contributed by atoms with Crippen molar-refractivity contribution in [1.82, 2.24) is 9.71 Å². The first-order valence-corrected chi connectivity index (χ1v) is 8.39. The number of nitrogens with one attached hydrogen (secondary N) is 2. The molecule has 2 N–H and O–H groups in total. The number of rotatable bonds is 6. The number of aromatic nitrogens is 1. The highest BCUT2D eigenvalue weighted by Crippen LogP contribution is 2.22. The van der Waals surface area contributed by atoms with Gasteiger partial charge >= 0.3 is 0 Å². The van der Waals surface area contributed by atoms with Crippen LogP contribution in [0.2, 0.25) is 0 Å². The van der Waals surface area contributed by atoms with Crippen LogP contribution in [0.3, 0.4) is 0 Å². The Balaban J connectivity index is 1.98. The van der Waals surface area contributed by atoms with E-state index in [-0.39, 0.29) is 0 Å². The maximum absolute atomic E-state index is 10.9. The van der Waals surface area contributed by atoms with Crippen molar-refractivity contribution in [2.24, 2.45) is 0 Å². The van der Waals surface area contributed by atoms with Crippen LogP contribution in [0.15, 0.2) is 30.5 Å². The average molecular weight is 293 g/mol. The predicted molar refractivity (Wildman–Crippen MR) is 82.4 cm³/mol. The Bertz CT molecular complexity index is 699. The van der Waals surface area contributed by atoms with Gasteiger partial charge in [-0.25, -0.2) is 13.1 Å². The molecule has 0 aliphatic carbocycles. The zero-order valence-electron chi connectivity index (χ0n) is 11.7. The Morgan fingerprint density at radius 1 is 1.20 bits per heavy atom. The molecule has 2 aromatic rings. The highest BCUT2D eigenvalue weighted by Gasteiger charge is 2.02. The van der Waals surface area contributed by atoms with Crippen LogP contribution < -0.4 is 10.0 Å². The highest BCUT2D eigenvalue weighted by molar-refractivity contribution is 7.88. The fourth-order valence-electron chi connectivity index (χ4n) is 1.98. The Morgan fingerprint density at radius 3 is 2.75 bits per heavy atom. The normalized spacial score (nSPS) is 11.7. The molecule has 6 heteroatoms. The second-order valence-corrected chi connectivity index (χ2v) is 6.66. The van der Waals surface area contributed by atoms with Crippen molar-refractivity contribution in [3.63, 3.8) is 0 Å². The molecule has 2 rings (SSSR count). The summed E-state index contributed by atoms with van der Waals surface area (Å²) in [6.45, 7) is 3.19. The zero-order valence-corrected chi connectivity index (χ0v) is 12.5. The van der Waals surface area contributed by atoms with Gasteiger partial charge in [0.05, 0.1) is 11.8 Å². The number of anilines is 1. The molecule has 0 radical (unpaired) electrons. The van der Waals surface area contributed by atoms with E-state index in [1.165, 1.54) is 11.8 Å². The number of nitrogens with zero attached hydrogens (tertiary/aromatic N) is 1. The molecule has 1 heterocycles. The molecule has 0 saturated heterocycles. The van der Waals surface area contributed by atoms with Crippen molar-refractivity contribution in [2.45, 2.75) is 13.3 Å². The van der Waals surface area contributed by atoms with E-state index in [1.807, 2.05) is 25.1 Å². The standard InChI is InChI=1S/C14H19N3O2S/c1-11-4-5-13-12(10-11)14(6-9-16-13)15-7-3-8-17-20(2,18)19/h4-6,9-10,17H,3,7-8H2,1-2H3,(H,15,16). The van der Waals surface area contributed by atoms with Crippen molar-refractivity contribution in [1.29, 1.82) is 0 Å². The van der Waals surface area contributed by atoms with Gasteiger partial charge in [0.1, 0.15) is 0 Å². The van der Waals surface area contributed by atoms with Gasteiger partial charge in [0.25, 0.3) is 0 Å². The summed E-state index contributed by atoms with van der Waals surface area (Å²) in [6, 6.07) is 8.07. The second kappa shape index (κ2) is 6.19. The van der Waals surface area contributed by atoms with E-state index >= 15 is 0 Å². The quantitative estimate of drug-likeness (QED) is 0.798. The van der Waals surface area contributed by atoms with Crippen molar-refractivity contribution < 1.29 is 8.42 Å². The topological polar surface area (TPSA) is 71.1 Å². The average Bonchev–Trinajstić information content (AvgIpc) is 2.37. The van der Waals surface area contributed by atoms with Crippen molar-refractivity contribution in [3.05, 3.63) is 36.0 Å². The Morgan fingerprint density at radius 2 is 2.00 bits per heavy atom. The van der Waals surface area contributed by atoms with E-state index in [9.17, 15) is 8.42 Å². The van der Waals surface area contributed by atoms with E-state index in [0.29, 0.717) is 13.1 Å². The smallest absolute Gasteiger partial charge is 0.208 e. The van der Waals surface area contributed by atoms with E-state index in [0.717, 1.165) is 23.0 Å². The zero-order chi connectivity index (χ0) is 14.6. The molecular formula is C14H19N3O2S. The Hall–Kier alpha value is -1.66. The van der Waals surface area contributed by atoms with Crippen molar-refractivity contribution >= 4 is 26.6 Å². The van der Waals surface area contributed by atoms with Gasteiger partial charge in [-0.05, 0) is 31.5 Å². The lowest BCUT2D eigenvalue weighted by molar-refractivity contribution is 0.586. The molecule has 1 aromatic carbocycles. The lowest BCUT2D eigenvalue weighted by Crippen LogP contribution is -2.24. The third-order valence-electron chi connectivity index (χ3n) is 2.93. The van der Waals surface area contributed by atoms with Gasteiger partial charge in [-0.3, -0.25) is 4.98 Å². The summed E-state index contributed by atoms with van der Waals surface area (Å²) < 4.78 is 24.3. The molecule has 0 fully saturated rings. The number of benzene rings is 1. The van der Waals surface area contributed by atoms with Crippen LogP contribution in [-0.4, -0.2) is 32.7 Å². The number of aryl methyl sites for hydroxylation is 1. The summed E-state index contributed by atoms with van der Waals surface area (Å²) in [5.41, 5.74) is 3.17. The Kier molecular flexibility index (Phi) is 4.57. The van der Waals surface area contributed by atoms with Gasteiger partial charge in [-0.2, -0.15) is 0 Å². The minimum absolute atomic E-state index is 0.438. The third kappa shape index (κ3) is 4.18. The lowest BCUT2D eigenvalue weighted by Gasteiger charge is -2.10. The number of sulfonamides is 1. The summed E-state index contributed by atoms with van der Waals surface area (Å²) in [6.07, 6.45) is 3.66. The molecule has 5 nitrogen and oxygen atoms in total. The summed E-state index contributed by atoms with van der Waals surface area (Å²) >= 11 is 0. The summed E-state index contributed by atoms with van der Waals surface area (Å²) in [7, 11) is -3.10. The molecule has 0 unspecified atom stereocenters. The first kappa shape index (κ1) is 14.7. The molecule has 0 saturated carbocycles. The molecule has 1 aromatic heterocycles. The molecule has 0 aliphatic heterocycles. The molecule has 0 amide bonds. The van der Waals surface area contributed by atoms with Crippen molar-refractivity contribution in [3.8, 4) is 0 Å². The lowest BCUT2D eigenvalue weighted by atomic mass is 10.1. The van der Waals surface area contributed by atoms with E-state index in [1.54, 1.807) is 6.20 Å². The van der Waals surface area contributed by atoms with Gasteiger partial charge in [0.15, 0.2) is 0 Å². The van der Waals surface area contributed by atoms with E-state index < -0.39 is 10.0 Å². The van der Waals surface area contributed by atoms with Crippen LogP contribution in [-0.2, 0) is 10.0 Å². The summed E-state index contributed by atoms with van der Waals surface area (Å²) in [5.74, 6) is 0. The molecule has 0 aliphatic rings. The van der Waals surface area contributed by atoms with Crippen molar-refractivity contribution in [2.75, 3.05) is 24.7 Å². The van der Waals surface area contributed by atoms with Gasteiger partial charge in [-0.15, -0.1) is 0 Å². The first-order chi connectivity index (χ1) is 9.46. The number of hydrogen-bond donors (Lipinski definition) is 2. The first-order valence-electron chi connectivity index (χ1n) is 6.49. The molecular weight excluding hydrogens is 274 g/mol. The van der Waals surface area contributed by atoms with Gasteiger partial charge in [0, 0.05) is 30.4 Å². The van der Waals surface area contributed by atoms with Crippen LogP contribution in [0.1, 0.15) is 12.0 Å². The van der Waals surface area contributed by atoms with Crippen LogP contribution in [0.5, 0.6) is 0 Å². The number of fused-ring (bicyclic) bond motifs is 1. The van der Waals surface area contributed by atoms with E-state index in [2.05, 4.69) is 21.1 Å². The van der Waals surface area contributed by atoms with Crippen LogP contribution >= 0.6 is 0 Å². The molecule has 20 heavy (non-hydrogen) atoms. The fourth-order valence-corrected chi connectivity index (χ4v) is 2.50. The Labute approximate surface area is 119 Å². The largest absolute Gasteiger partial charge is 0.384 e. The van der Waals surface area contributed by atoms with E-state index in [4.69, 9.17) is 0 Å². The maximum Gasteiger partial charge on any atom is 0.208 e. The number of pyridine rings is 1. The minimum Gasteiger partial charge on any atom is -0.384 e. The maximum atomic E-state index is 10.9. The second-order valence-electron chi connectivity index (χ2n) is 4.83. The highest BCUT2D eigenvalue weighted by atomic mass is 32.2. The fraction of sp³-hybridized carbons (Fsp3) is 0.357. The van der Waals surface area contributed by atoms with Gasteiger partial charge < -0.3 is 5.32 Å². The third-order valence-corrected chi connectivity index (χ3v) is 3.66. The summed E-state index contributed by atoms with van der Waals surface area (Å²) in [4.78, 5) is 4.33. The van der Waals surface area contributed by atoms with Crippen LogP contribution in [0.4, 0.5) is 5.69 Å². The van der Waals surface area contributed by atoms with Crippen LogP contribution in [0.25, 0.3) is 10.9 Å². The monoisotopic (exact) mass is 293 g/mol. The minimum atomic E-state index is -3.10. The predicted octanol–water partition coefficient (Wildman–Crippen LogP) is 1.89. The molecule has 0 spiro atoms. The summed E-state index contributed by atoms with van der Waals surface area (Å²) in [5, 5.41) is 4.41.